The van der Waals surface area contributed by atoms with Gasteiger partial charge in [0, 0.05) is 17.6 Å². The quantitative estimate of drug-likeness (QED) is 0.866. The SMILES string of the molecule is Cc1ccc(N2CCCS2(=O)=O)cc1NC(=O)c1c(C(C)(C)C)noc1C. The zero-order valence-electron chi connectivity index (χ0n) is 16.3. The van der Waals surface area contributed by atoms with Crippen molar-refractivity contribution < 1.29 is 17.7 Å². The Morgan fingerprint density at radius 1 is 1.26 bits per heavy atom. The molecule has 2 aromatic rings. The number of hydrogen-bond donors (Lipinski definition) is 1. The third-order valence-electron chi connectivity index (χ3n) is 4.66. The van der Waals surface area contributed by atoms with Gasteiger partial charge in [-0.15, -0.1) is 0 Å². The van der Waals surface area contributed by atoms with E-state index in [2.05, 4.69) is 10.5 Å². The van der Waals surface area contributed by atoms with Crippen LogP contribution in [0.5, 0.6) is 0 Å². The monoisotopic (exact) mass is 391 g/mol. The molecule has 2 heterocycles. The summed E-state index contributed by atoms with van der Waals surface area (Å²) in [7, 11) is -3.28. The molecule has 0 unspecified atom stereocenters. The normalized spacial score (nSPS) is 16.6. The highest BCUT2D eigenvalue weighted by Crippen LogP contribution is 2.31. The fourth-order valence-corrected chi connectivity index (χ4v) is 4.72. The molecule has 1 amide bonds. The summed E-state index contributed by atoms with van der Waals surface area (Å²) in [5, 5.41) is 6.95. The van der Waals surface area contributed by atoms with Crippen LogP contribution in [0.25, 0.3) is 0 Å². The van der Waals surface area contributed by atoms with Crippen LogP contribution < -0.4 is 9.62 Å². The number of sulfonamides is 1. The summed E-state index contributed by atoms with van der Waals surface area (Å²) < 4.78 is 31.0. The number of hydrogen-bond acceptors (Lipinski definition) is 5. The summed E-state index contributed by atoms with van der Waals surface area (Å²) in [6.45, 7) is 9.92. The number of aryl methyl sites for hydroxylation is 2. The highest BCUT2D eigenvalue weighted by molar-refractivity contribution is 7.93. The number of carbonyl (C=O) groups excluding carboxylic acids is 1. The van der Waals surface area contributed by atoms with E-state index in [0.717, 1.165) is 5.56 Å². The van der Waals surface area contributed by atoms with Crippen LogP contribution in [0, 0.1) is 13.8 Å². The molecule has 8 heteroatoms. The van der Waals surface area contributed by atoms with Crippen LogP contribution in [0.4, 0.5) is 11.4 Å². The number of benzene rings is 1. The Bertz CT molecular complexity index is 987. The molecule has 1 aromatic carbocycles. The average molecular weight is 391 g/mol. The molecule has 1 aromatic heterocycles. The Balaban J connectivity index is 1.94. The second-order valence-electron chi connectivity index (χ2n) is 7.91. The summed E-state index contributed by atoms with van der Waals surface area (Å²) >= 11 is 0. The lowest BCUT2D eigenvalue weighted by atomic mass is 9.88. The standard InChI is InChI=1S/C19H25N3O4S/c1-12-7-8-14(22-9-6-10-27(22,24)25)11-15(12)20-18(23)16-13(2)26-21-17(16)19(3,4)5/h7-8,11H,6,9-10H2,1-5H3,(H,20,23). The van der Waals surface area contributed by atoms with Crippen molar-refractivity contribution in [3.63, 3.8) is 0 Å². The highest BCUT2D eigenvalue weighted by Gasteiger charge is 2.30. The maximum atomic E-state index is 12.9. The van der Waals surface area contributed by atoms with E-state index in [1.807, 2.05) is 33.8 Å². The fraction of sp³-hybridized carbons (Fsp3) is 0.474. The molecule has 27 heavy (non-hydrogen) atoms. The van der Waals surface area contributed by atoms with Crippen LogP contribution in [-0.2, 0) is 15.4 Å². The topological polar surface area (TPSA) is 92.5 Å². The maximum Gasteiger partial charge on any atom is 0.261 e. The van der Waals surface area contributed by atoms with Gasteiger partial charge in [0.1, 0.15) is 17.0 Å². The third-order valence-corrected chi connectivity index (χ3v) is 6.53. The molecule has 0 aliphatic carbocycles. The largest absolute Gasteiger partial charge is 0.361 e. The number of aromatic nitrogens is 1. The van der Waals surface area contributed by atoms with Crippen LogP contribution in [0.1, 0.15) is 54.6 Å². The molecule has 0 saturated carbocycles. The zero-order valence-corrected chi connectivity index (χ0v) is 17.1. The Morgan fingerprint density at radius 2 is 1.96 bits per heavy atom. The molecule has 1 saturated heterocycles. The van der Waals surface area contributed by atoms with Gasteiger partial charge in [-0.05, 0) is 38.0 Å². The third kappa shape index (κ3) is 3.71. The molecule has 1 aliphatic heterocycles. The lowest BCUT2D eigenvalue weighted by Crippen LogP contribution is -2.25. The first kappa shape index (κ1) is 19.4. The number of rotatable bonds is 3. The van der Waals surface area contributed by atoms with E-state index in [-0.39, 0.29) is 17.1 Å². The van der Waals surface area contributed by atoms with E-state index in [4.69, 9.17) is 4.52 Å². The van der Waals surface area contributed by atoms with Gasteiger partial charge < -0.3 is 9.84 Å². The average Bonchev–Trinajstić information content (AvgIpc) is 3.11. The number of nitrogens with zero attached hydrogens (tertiary/aromatic N) is 2. The Morgan fingerprint density at radius 3 is 2.56 bits per heavy atom. The fourth-order valence-electron chi connectivity index (χ4n) is 3.17. The molecule has 0 radical (unpaired) electrons. The van der Waals surface area contributed by atoms with Crippen molar-refractivity contribution in [2.24, 2.45) is 0 Å². The van der Waals surface area contributed by atoms with Gasteiger partial charge in [-0.2, -0.15) is 0 Å². The lowest BCUT2D eigenvalue weighted by Gasteiger charge is -2.20. The van der Waals surface area contributed by atoms with Crippen molar-refractivity contribution in [3.05, 3.63) is 40.8 Å². The van der Waals surface area contributed by atoms with Gasteiger partial charge in [-0.25, -0.2) is 8.42 Å². The van der Waals surface area contributed by atoms with Gasteiger partial charge in [0.05, 0.1) is 11.4 Å². The number of amides is 1. The number of anilines is 2. The summed E-state index contributed by atoms with van der Waals surface area (Å²) in [5.41, 5.74) is 2.64. The van der Waals surface area contributed by atoms with Crippen molar-refractivity contribution in [1.82, 2.24) is 5.16 Å². The van der Waals surface area contributed by atoms with Crippen LogP contribution in [-0.4, -0.2) is 31.8 Å². The van der Waals surface area contributed by atoms with E-state index in [1.165, 1.54) is 4.31 Å². The maximum absolute atomic E-state index is 12.9. The molecule has 0 bridgehead atoms. The minimum absolute atomic E-state index is 0.150. The number of carbonyl (C=O) groups is 1. The van der Waals surface area contributed by atoms with Crippen LogP contribution in [0.2, 0.25) is 0 Å². The van der Waals surface area contributed by atoms with Crippen LogP contribution >= 0.6 is 0 Å². The lowest BCUT2D eigenvalue weighted by molar-refractivity contribution is 0.102. The summed E-state index contributed by atoms with van der Waals surface area (Å²) in [6, 6.07) is 5.28. The molecular weight excluding hydrogens is 366 g/mol. The predicted molar refractivity (Wildman–Crippen MR) is 105 cm³/mol. The van der Waals surface area contributed by atoms with E-state index >= 15 is 0 Å². The molecule has 7 nitrogen and oxygen atoms in total. The molecule has 0 spiro atoms. The minimum Gasteiger partial charge on any atom is -0.361 e. The highest BCUT2D eigenvalue weighted by atomic mass is 32.2. The van der Waals surface area contributed by atoms with Crippen LogP contribution in [0.3, 0.4) is 0 Å². The molecule has 0 atom stereocenters. The molecular formula is C19H25N3O4S. The van der Waals surface area contributed by atoms with Crippen molar-refractivity contribution in [3.8, 4) is 0 Å². The van der Waals surface area contributed by atoms with Gasteiger partial charge in [0.2, 0.25) is 10.0 Å². The second kappa shape index (κ2) is 6.67. The van der Waals surface area contributed by atoms with E-state index in [9.17, 15) is 13.2 Å². The van der Waals surface area contributed by atoms with E-state index in [0.29, 0.717) is 41.4 Å². The van der Waals surface area contributed by atoms with Crippen molar-refractivity contribution >= 4 is 27.3 Å². The van der Waals surface area contributed by atoms with Gasteiger partial charge in [-0.3, -0.25) is 9.10 Å². The molecule has 146 valence electrons. The van der Waals surface area contributed by atoms with Gasteiger partial charge in [-0.1, -0.05) is 32.0 Å². The second-order valence-corrected chi connectivity index (χ2v) is 9.92. The zero-order chi connectivity index (χ0) is 20.0. The van der Waals surface area contributed by atoms with Gasteiger partial charge in [0.25, 0.3) is 5.91 Å². The Kier molecular flexibility index (Phi) is 4.80. The van der Waals surface area contributed by atoms with E-state index in [1.54, 1.807) is 19.1 Å². The summed E-state index contributed by atoms with van der Waals surface area (Å²) in [4.78, 5) is 12.9. The van der Waals surface area contributed by atoms with E-state index < -0.39 is 10.0 Å². The molecule has 1 N–H and O–H groups in total. The summed E-state index contributed by atoms with van der Waals surface area (Å²) in [5.74, 6) is 0.286. The first-order chi connectivity index (χ1) is 12.5. The van der Waals surface area contributed by atoms with Crippen molar-refractivity contribution in [2.75, 3.05) is 21.9 Å². The predicted octanol–water partition coefficient (Wildman–Crippen LogP) is 3.38. The van der Waals surface area contributed by atoms with Crippen molar-refractivity contribution in [1.29, 1.82) is 0 Å². The minimum atomic E-state index is -3.28. The van der Waals surface area contributed by atoms with Gasteiger partial charge >= 0.3 is 0 Å². The molecule has 1 aliphatic rings. The Labute approximate surface area is 159 Å². The van der Waals surface area contributed by atoms with Gasteiger partial charge in [0.15, 0.2) is 0 Å². The first-order valence-electron chi connectivity index (χ1n) is 8.90. The number of nitrogens with one attached hydrogen (secondary N) is 1. The smallest absolute Gasteiger partial charge is 0.261 e. The molecule has 3 rings (SSSR count). The van der Waals surface area contributed by atoms with Crippen molar-refractivity contribution in [2.45, 2.75) is 46.5 Å². The Hall–Kier alpha value is -2.35. The first-order valence-corrected chi connectivity index (χ1v) is 10.5. The molecule has 1 fully saturated rings. The van der Waals surface area contributed by atoms with Crippen LogP contribution in [0.15, 0.2) is 22.7 Å². The summed E-state index contributed by atoms with van der Waals surface area (Å²) in [6.07, 6.45) is 0.604.